The molecule has 0 aromatic carbocycles. The average Bonchev–Trinajstić information content (AvgIpc) is 3.15. The number of hydrogen-bond donors (Lipinski definition) is 1. The van der Waals surface area contributed by atoms with E-state index in [0.29, 0.717) is 16.8 Å². The molecule has 0 saturated carbocycles. The number of fused-ring (bicyclic) bond motifs is 1. The molecule has 0 atom stereocenters. The summed E-state index contributed by atoms with van der Waals surface area (Å²) in [6.07, 6.45) is 0.876. The van der Waals surface area contributed by atoms with Crippen LogP contribution in [0.4, 0.5) is 19.0 Å². The number of carbonyl (C=O) groups is 1. The molecular weight excluding hydrogens is 413 g/mol. The van der Waals surface area contributed by atoms with Crippen molar-refractivity contribution in [1.82, 2.24) is 24.6 Å². The number of carbonyl (C=O) groups excluding carboxylic acids is 1. The number of hydrogen-bond acceptors (Lipinski definition) is 6. The Balaban J connectivity index is 1.77. The third-order valence-corrected chi connectivity index (χ3v) is 5.02. The quantitative estimate of drug-likeness (QED) is 0.681. The lowest BCUT2D eigenvalue weighted by molar-refractivity contribution is -0.141. The van der Waals surface area contributed by atoms with E-state index in [-0.39, 0.29) is 30.2 Å². The molecule has 162 valence electrons. The minimum absolute atomic E-state index is 0.0386. The highest BCUT2D eigenvalue weighted by Crippen LogP contribution is 2.35. The van der Waals surface area contributed by atoms with E-state index < -0.39 is 18.6 Å². The number of methoxy groups -OCH3 is 1. The molecule has 0 saturated heterocycles. The topological polar surface area (TPSA) is 99.2 Å². The van der Waals surface area contributed by atoms with E-state index in [1.54, 1.807) is 36.3 Å². The summed E-state index contributed by atoms with van der Waals surface area (Å²) in [7, 11) is 3.11. The number of nitrogens with two attached hydrogens (primary N) is 1. The van der Waals surface area contributed by atoms with Crippen molar-refractivity contribution in [3.63, 3.8) is 0 Å². The molecule has 0 spiro atoms. The summed E-state index contributed by atoms with van der Waals surface area (Å²) in [4.78, 5) is 22.0. The largest absolute Gasteiger partial charge is 0.480 e. The first-order valence-electron chi connectivity index (χ1n) is 9.35. The number of nitrogen functional groups attached to an aromatic ring is 1. The predicted octanol–water partition coefficient (Wildman–Crippen LogP) is 2.70. The number of pyridine rings is 2. The molecule has 0 radical (unpaired) electrons. The van der Waals surface area contributed by atoms with Gasteiger partial charge in [-0.1, -0.05) is 0 Å². The number of halogens is 3. The van der Waals surface area contributed by atoms with Gasteiger partial charge >= 0.3 is 6.18 Å². The first-order chi connectivity index (χ1) is 14.7. The molecule has 0 fully saturated rings. The highest BCUT2D eigenvalue weighted by Gasteiger charge is 2.37. The first-order valence-corrected chi connectivity index (χ1v) is 9.35. The maximum Gasteiger partial charge on any atom is 0.406 e. The molecule has 0 bridgehead atoms. The van der Waals surface area contributed by atoms with Gasteiger partial charge in [0.1, 0.15) is 17.9 Å². The van der Waals surface area contributed by atoms with Gasteiger partial charge in [0.05, 0.1) is 19.0 Å². The summed E-state index contributed by atoms with van der Waals surface area (Å²) in [6, 6.07) is 3.45. The zero-order valence-corrected chi connectivity index (χ0v) is 16.8. The Hall–Kier alpha value is -3.63. The summed E-state index contributed by atoms with van der Waals surface area (Å²) in [5.41, 5.74) is 9.21. The fourth-order valence-electron chi connectivity index (χ4n) is 3.57. The molecule has 31 heavy (non-hydrogen) atoms. The number of rotatable bonds is 4. The summed E-state index contributed by atoms with van der Waals surface area (Å²) in [5, 5.41) is 4.14. The van der Waals surface area contributed by atoms with Gasteiger partial charge < -0.3 is 15.4 Å². The van der Waals surface area contributed by atoms with Gasteiger partial charge in [-0.25, -0.2) is 9.97 Å². The molecule has 8 nitrogen and oxygen atoms in total. The number of aryl methyl sites for hydroxylation is 1. The number of ether oxygens (including phenoxy) is 1. The van der Waals surface area contributed by atoms with Gasteiger partial charge in [-0.05, 0) is 24.1 Å². The number of alkyl halides is 3. The number of aromatic nitrogens is 4. The van der Waals surface area contributed by atoms with E-state index in [2.05, 4.69) is 15.1 Å². The van der Waals surface area contributed by atoms with Crippen LogP contribution in [0.25, 0.3) is 22.4 Å². The van der Waals surface area contributed by atoms with Crippen molar-refractivity contribution in [1.29, 1.82) is 0 Å². The summed E-state index contributed by atoms with van der Waals surface area (Å²) >= 11 is 0. The van der Waals surface area contributed by atoms with Gasteiger partial charge in [-0.3, -0.25) is 9.48 Å². The minimum atomic E-state index is -4.49. The van der Waals surface area contributed by atoms with Crippen LogP contribution in [0.3, 0.4) is 0 Å². The zero-order chi connectivity index (χ0) is 22.3. The van der Waals surface area contributed by atoms with E-state index in [9.17, 15) is 18.0 Å². The van der Waals surface area contributed by atoms with Crippen LogP contribution in [0, 0.1) is 0 Å². The Labute approximate surface area is 175 Å². The van der Waals surface area contributed by atoms with Crippen molar-refractivity contribution >= 4 is 11.7 Å². The fourth-order valence-corrected chi connectivity index (χ4v) is 3.57. The van der Waals surface area contributed by atoms with Gasteiger partial charge in [0, 0.05) is 42.7 Å². The smallest absolute Gasteiger partial charge is 0.406 e. The Morgan fingerprint density at radius 2 is 2.00 bits per heavy atom. The molecule has 4 rings (SSSR count). The normalized spacial score (nSPS) is 14.0. The highest BCUT2D eigenvalue weighted by atomic mass is 19.4. The van der Waals surface area contributed by atoms with Crippen LogP contribution in [0.2, 0.25) is 0 Å². The molecule has 0 unspecified atom stereocenters. The van der Waals surface area contributed by atoms with Crippen LogP contribution in [0.5, 0.6) is 5.88 Å². The molecule has 4 heterocycles. The Bertz CT molecular complexity index is 1140. The van der Waals surface area contributed by atoms with E-state index in [0.717, 1.165) is 16.0 Å². The van der Waals surface area contributed by atoms with Gasteiger partial charge in [0.15, 0.2) is 0 Å². The molecule has 0 aliphatic carbocycles. The molecule has 1 aliphatic rings. The predicted molar refractivity (Wildman–Crippen MR) is 106 cm³/mol. The van der Waals surface area contributed by atoms with Crippen LogP contribution in [0.1, 0.15) is 15.9 Å². The SMILES string of the molecule is COc1nc(-c2cc(-c3cnn(C)c3)cnc2N)cc2c1C(=O)N(CC(F)(F)F)CC2. The van der Waals surface area contributed by atoms with E-state index in [1.807, 2.05) is 6.20 Å². The van der Waals surface area contributed by atoms with Gasteiger partial charge in [-0.15, -0.1) is 0 Å². The Kier molecular flexibility index (Phi) is 5.03. The van der Waals surface area contributed by atoms with Crippen molar-refractivity contribution in [3.05, 3.63) is 41.9 Å². The lowest BCUT2D eigenvalue weighted by Gasteiger charge is -2.30. The average molecular weight is 432 g/mol. The van der Waals surface area contributed by atoms with E-state index in [4.69, 9.17) is 10.5 Å². The van der Waals surface area contributed by atoms with Crippen molar-refractivity contribution in [2.45, 2.75) is 12.6 Å². The van der Waals surface area contributed by atoms with Crippen LogP contribution in [-0.2, 0) is 13.5 Å². The third-order valence-electron chi connectivity index (χ3n) is 5.02. The zero-order valence-electron chi connectivity index (χ0n) is 16.8. The Morgan fingerprint density at radius 3 is 2.65 bits per heavy atom. The summed E-state index contributed by atoms with van der Waals surface area (Å²) in [6.45, 7) is -1.37. The van der Waals surface area contributed by atoms with Gasteiger partial charge in [0.25, 0.3) is 5.91 Å². The number of amides is 1. The maximum absolute atomic E-state index is 12.8. The van der Waals surface area contributed by atoms with Gasteiger partial charge in [-0.2, -0.15) is 18.3 Å². The molecule has 1 amide bonds. The summed E-state index contributed by atoms with van der Waals surface area (Å²) < 4.78 is 45.4. The Morgan fingerprint density at radius 1 is 1.23 bits per heavy atom. The second-order valence-corrected chi connectivity index (χ2v) is 7.20. The van der Waals surface area contributed by atoms with Gasteiger partial charge in [0.2, 0.25) is 5.88 Å². The van der Waals surface area contributed by atoms with Crippen LogP contribution >= 0.6 is 0 Å². The number of nitrogens with zero attached hydrogens (tertiary/aromatic N) is 5. The molecule has 11 heteroatoms. The standard InChI is InChI=1S/C20H19F3N6O2/c1-28-9-13(8-26-28)12-5-14(17(24)25-7-12)15-6-11-3-4-29(10-20(21,22)23)19(30)16(11)18(27-15)31-2/h5-9H,3-4,10H2,1-2H3,(H2,24,25). The van der Waals surface area contributed by atoms with E-state index in [1.165, 1.54) is 7.11 Å². The number of anilines is 1. The third kappa shape index (κ3) is 4.03. The summed E-state index contributed by atoms with van der Waals surface area (Å²) in [5.74, 6) is -0.580. The second kappa shape index (κ2) is 7.56. The van der Waals surface area contributed by atoms with Crippen molar-refractivity contribution < 1.29 is 22.7 Å². The lowest BCUT2D eigenvalue weighted by atomic mass is 9.97. The van der Waals surface area contributed by atoms with Crippen molar-refractivity contribution in [2.75, 3.05) is 25.9 Å². The second-order valence-electron chi connectivity index (χ2n) is 7.20. The lowest BCUT2D eigenvalue weighted by Crippen LogP contribution is -2.43. The molecule has 1 aliphatic heterocycles. The first kappa shape index (κ1) is 20.6. The maximum atomic E-state index is 12.8. The minimum Gasteiger partial charge on any atom is -0.480 e. The monoisotopic (exact) mass is 432 g/mol. The van der Waals surface area contributed by atoms with E-state index >= 15 is 0 Å². The van der Waals surface area contributed by atoms with Crippen LogP contribution < -0.4 is 10.5 Å². The molecular formula is C20H19F3N6O2. The molecule has 3 aromatic rings. The van der Waals surface area contributed by atoms with Crippen molar-refractivity contribution in [2.24, 2.45) is 7.05 Å². The molecule has 2 N–H and O–H groups in total. The van der Waals surface area contributed by atoms with Crippen LogP contribution in [-0.4, -0.2) is 56.9 Å². The van der Waals surface area contributed by atoms with Crippen molar-refractivity contribution in [3.8, 4) is 28.3 Å². The molecule has 3 aromatic heterocycles. The fraction of sp³-hybridized carbons (Fsp3) is 0.300. The highest BCUT2D eigenvalue weighted by molar-refractivity contribution is 5.99. The van der Waals surface area contributed by atoms with Crippen LogP contribution in [0.15, 0.2) is 30.7 Å².